The largest absolute Gasteiger partial charge is 0.383 e. The third-order valence-electron chi connectivity index (χ3n) is 5.48. The van der Waals surface area contributed by atoms with Gasteiger partial charge in [0.2, 0.25) is 17.8 Å². The SMILES string of the molecule is COCCNC(=O)C1CCC(C(=O)N2CCN(c3ncccn3)CC2)CC1. The molecule has 0 spiro atoms. The Morgan fingerprint density at radius 1 is 1.07 bits per heavy atom. The molecule has 148 valence electrons. The molecule has 2 amide bonds. The van der Waals surface area contributed by atoms with E-state index in [4.69, 9.17) is 4.74 Å². The van der Waals surface area contributed by atoms with Gasteiger partial charge in [0, 0.05) is 64.1 Å². The van der Waals surface area contributed by atoms with E-state index in [-0.39, 0.29) is 23.7 Å². The molecule has 1 saturated heterocycles. The first-order valence-electron chi connectivity index (χ1n) is 9.76. The Hall–Kier alpha value is -2.22. The lowest BCUT2D eigenvalue weighted by atomic mass is 9.81. The first-order chi connectivity index (χ1) is 13.2. The van der Waals surface area contributed by atoms with Crippen LogP contribution >= 0.6 is 0 Å². The van der Waals surface area contributed by atoms with Gasteiger partial charge in [-0.1, -0.05) is 0 Å². The van der Waals surface area contributed by atoms with Gasteiger partial charge in [-0.2, -0.15) is 0 Å². The number of amides is 2. The van der Waals surface area contributed by atoms with Crippen LogP contribution in [0.4, 0.5) is 5.95 Å². The molecule has 3 rings (SSSR count). The molecule has 0 aromatic carbocycles. The fraction of sp³-hybridized carbons (Fsp3) is 0.684. The van der Waals surface area contributed by atoms with Crippen LogP contribution in [0.15, 0.2) is 18.5 Å². The second-order valence-electron chi connectivity index (χ2n) is 7.19. The van der Waals surface area contributed by atoms with E-state index in [0.717, 1.165) is 44.7 Å². The van der Waals surface area contributed by atoms with Crippen molar-refractivity contribution in [1.82, 2.24) is 20.2 Å². The smallest absolute Gasteiger partial charge is 0.225 e. The van der Waals surface area contributed by atoms with Crippen LogP contribution in [-0.4, -0.2) is 73.1 Å². The Bertz CT molecular complexity index is 611. The second kappa shape index (κ2) is 9.64. The average Bonchev–Trinajstić information content (AvgIpc) is 2.74. The summed E-state index contributed by atoms with van der Waals surface area (Å²) in [5, 5.41) is 2.90. The van der Waals surface area contributed by atoms with Crippen molar-refractivity contribution in [3.8, 4) is 0 Å². The van der Waals surface area contributed by atoms with Crippen molar-refractivity contribution in [1.29, 1.82) is 0 Å². The fourth-order valence-electron chi connectivity index (χ4n) is 3.86. The van der Waals surface area contributed by atoms with Gasteiger partial charge in [-0.05, 0) is 31.7 Å². The summed E-state index contributed by atoms with van der Waals surface area (Å²) < 4.78 is 4.95. The van der Waals surface area contributed by atoms with Crippen molar-refractivity contribution in [3.05, 3.63) is 18.5 Å². The molecule has 2 aliphatic rings. The summed E-state index contributed by atoms with van der Waals surface area (Å²) in [6.07, 6.45) is 6.64. The van der Waals surface area contributed by atoms with Crippen LogP contribution in [-0.2, 0) is 14.3 Å². The van der Waals surface area contributed by atoms with Crippen LogP contribution in [0.2, 0.25) is 0 Å². The maximum atomic E-state index is 12.8. The predicted octanol–water partition coefficient (Wildman–Crippen LogP) is 0.694. The molecule has 0 radical (unpaired) electrons. The second-order valence-corrected chi connectivity index (χ2v) is 7.19. The van der Waals surface area contributed by atoms with Crippen molar-refractivity contribution in [2.45, 2.75) is 25.7 Å². The van der Waals surface area contributed by atoms with E-state index in [1.807, 2.05) is 4.90 Å². The number of hydrogen-bond donors (Lipinski definition) is 1. The summed E-state index contributed by atoms with van der Waals surface area (Å²) in [5.41, 5.74) is 0. The van der Waals surface area contributed by atoms with Gasteiger partial charge in [-0.25, -0.2) is 9.97 Å². The lowest BCUT2D eigenvalue weighted by Crippen LogP contribution is -2.51. The number of aromatic nitrogens is 2. The fourth-order valence-corrected chi connectivity index (χ4v) is 3.86. The molecule has 1 aromatic rings. The number of nitrogens with zero attached hydrogens (tertiary/aromatic N) is 4. The lowest BCUT2D eigenvalue weighted by molar-refractivity contribution is -0.138. The molecule has 1 aromatic heterocycles. The first-order valence-corrected chi connectivity index (χ1v) is 9.76. The van der Waals surface area contributed by atoms with E-state index in [1.54, 1.807) is 25.6 Å². The number of ether oxygens (including phenoxy) is 1. The highest BCUT2D eigenvalue weighted by Gasteiger charge is 2.33. The van der Waals surface area contributed by atoms with E-state index in [1.165, 1.54) is 0 Å². The minimum atomic E-state index is 0.0259. The molecular weight excluding hydrogens is 346 g/mol. The topological polar surface area (TPSA) is 87.7 Å². The summed E-state index contributed by atoms with van der Waals surface area (Å²) in [5.74, 6) is 1.13. The molecule has 8 heteroatoms. The van der Waals surface area contributed by atoms with Crippen LogP contribution < -0.4 is 10.2 Å². The predicted molar refractivity (Wildman–Crippen MR) is 101 cm³/mol. The normalized spacial score (nSPS) is 23.1. The van der Waals surface area contributed by atoms with Gasteiger partial charge in [-0.3, -0.25) is 9.59 Å². The maximum Gasteiger partial charge on any atom is 0.225 e. The number of hydrogen-bond acceptors (Lipinski definition) is 6. The number of carbonyl (C=O) groups excluding carboxylic acids is 2. The highest BCUT2D eigenvalue weighted by molar-refractivity contribution is 5.81. The van der Waals surface area contributed by atoms with E-state index >= 15 is 0 Å². The van der Waals surface area contributed by atoms with Crippen molar-refractivity contribution >= 4 is 17.8 Å². The third kappa shape index (κ3) is 5.15. The molecular formula is C19H29N5O3. The maximum absolute atomic E-state index is 12.8. The molecule has 1 saturated carbocycles. The van der Waals surface area contributed by atoms with Crippen LogP contribution in [0.25, 0.3) is 0 Å². The Balaban J connectivity index is 1.41. The van der Waals surface area contributed by atoms with Crippen LogP contribution in [0, 0.1) is 11.8 Å². The summed E-state index contributed by atoms with van der Waals surface area (Å²) in [6, 6.07) is 1.80. The third-order valence-corrected chi connectivity index (χ3v) is 5.48. The number of carbonyl (C=O) groups is 2. The molecule has 8 nitrogen and oxygen atoms in total. The molecule has 0 atom stereocenters. The molecule has 1 aliphatic heterocycles. The highest BCUT2D eigenvalue weighted by atomic mass is 16.5. The number of nitrogens with one attached hydrogen (secondary N) is 1. The van der Waals surface area contributed by atoms with Crippen molar-refractivity contribution in [3.63, 3.8) is 0 Å². The molecule has 27 heavy (non-hydrogen) atoms. The summed E-state index contributed by atoms with van der Waals surface area (Å²) in [6.45, 7) is 3.99. The van der Waals surface area contributed by atoms with E-state index in [0.29, 0.717) is 26.2 Å². The number of rotatable bonds is 6. The summed E-state index contributed by atoms with van der Waals surface area (Å²) in [4.78, 5) is 37.6. The van der Waals surface area contributed by atoms with Gasteiger partial charge in [-0.15, -0.1) is 0 Å². The zero-order valence-electron chi connectivity index (χ0n) is 16.0. The zero-order chi connectivity index (χ0) is 19.1. The molecule has 2 heterocycles. The Kier molecular flexibility index (Phi) is 6.98. The minimum absolute atomic E-state index is 0.0259. The van der Waals surface area contributed by atoms with Gasteiger partial charge in [0.05, 0.1) is 6.61 Å². The van der Waals surface area contributed by atoms with Crippen molar-refractivity contribution < 1.29 is 14.3 Å². The van der Waals surface area contributed by atoms with E-state index < -0.39 is 0 Å². The minimum Gasteiger partial charge on any atom is -0.383 e. The summed E-state index contributed by atoms with van der Waals surface area (Å²) >= 11 is 0. The average molecular weight is 375 g/mol. The Labute approximate surface area is 160 Å². The quantitative estimate of drug-likeness (QED) is 0.737. The number of piperazine rings is 1. The standard InChI is InChI=1S/C19H29N5O3/c1-27-14-9-20-17(25)15-3-5-16(6-4-15)18(26)23-10-12-24(13-11-23)19-21-7-2-8-22-19/h2,7-8,15-16H,3-6,9-14H2,1H3,(H,20,25). The highest BCUT2D eigenvalue weighted by Crippen LogP contribution is 2.30. The van der Waals surface area contributed by atoms with Crippen LogP contribution in [0.5, 0.6) is 0 Å². The van der Waals surface area contributed by atoms with Gasteiger partial charge in [0.25, 0.3) is 0 Å². The Morgan fingerprint density at radius 3 is 2.33 bits per heavy atom. The van der Waals surface area contributed by atoms with Crippen LogP contribution in [0.3, 0.4) is 0 Å². The van der Waals surface area contributed by atoms with Crippen molar-refractivity contribution in [2.24, 2.45) is 11.8 Å². The molecule has 2 fully saturated rings. The first kappa shape index (κ1) is 19.5. The lowest BCUT2D eigenvalue weighted by Gasteiger charge is -2.37. The van der Waals surface area contributed by atoms with Gasteiger partial charge >= 0.3 is 0 Å². The number of methoxy groups -OCH3 is 1. The van der Waals surface area contributed by atoms with Gasteiger partial charge in [0.15, 0.2) is 0 Å². The van der Waals surface area contributed by atoms with Gasteiger partial charge in [0.1, 0.15) is 0 Å². The monoisotopic (exact) mass is 375 g/mol. The van der Waals surface area contributed by atoms with Crippen LogP contribution in [0.1, 0.15) is 25.7 Å². The van der Waals surface area contributed by atoms with Gasteiger partial charge < -0.3 is 19.9 Å². The Morgan fingerprint density at radius 2 is 1.70 bits per heavy atom. The molecule has 0 unspecified atom stereocenters. The molecule has 1 N–H and O–H groups in total. The number of anilines is 1. The van der Waals surface area contributed by atoms with E-state index in [2.05, 4.69) is 20.2 Å². The summed E-state index contributed by atoms with van der Waals surface area (Å²) in [7, 11) is 1.62. The molecule has 0 bridgehead atoms. The molecule has 1 aliphatic carbocycles. The zero-order valence-corrected chi connectivity index (χ0v) is 16.0. The van der Waals surface area contributed by atoms with Crippen molar-refractivity contribution in [2.75, 3.05) is 51.3 Å². The van der Waals surface area contributed by atoms with E-state index in [9.17, 15) is 9.59 Å².